The molecule has 0 bridgehead atoms. The lowest BCUT2D eigenvalue weighted by molar-refractivity contribution is 0.218. The number of thiol groups is 2. The van der Waals surface area contributed by atoms with Crippen LogP contribution in [0.4, 0.5) is 0 Å². The molecule has 0 saturated heterocycles. The van der Waals surface area contributed by atoms with E-state index in [9.17, 15) is 0 Å². The predicted molar refractivity (Wildman–Crippen MR) is 57.8 cm³/mol. The van der Waals surface area contributed by atoms with Crippen LogP contribution in [0.3, 0.4) is 0 Å². The highest BCUT2D eigenvalue weighted by Gasteiger charge is 2.37. The van der Waals surface area contributed by atoms with Gasteiger partial charge in [-0.1, -0.05) is 20.8 Å². The van der Waals surface area contributed by atoms with Crippen LogP contribution in [0.15, 0.2) is 0 Å². The zero-order valence-corrected chi connectivity index (χ0v) is 9.38. The summed E-state index contributed by atoms with van der Waals surface area (Å²) >= 11 is 9.18. The summed E-state index contributed by atoms with van der Waals surface area (Å²) in [6.07, 6.45) is 3.58. The molecule has 1 fully saturated rings. The Morgan fingerprint density at radius 3 is 2.09 bits per heavy atom. The minimum Gasteiger partial charge on any atom is -0.176 e. The van der Waals surface area contributed by atoms with Gasteiger partial charge in [-0.15, -0.1) is 0 Å². The van der Waals surface area contributed by atoms with Crippen LogP contribution in [0.2, 0.25) is 0 Å². The number of rotatable bonds is 0. The molecule has 11 heavy (non-hydrogen) atoms. The first-order valence-electron chi connectivity index (χ1n) is 4.21. The minimum absolute atomic E-state index is 0.203. The fourth-order valence-corrected chi connectivity index (χ4v) is 4.08. The second-order valence-corrected chi connectivity index (χ2v) is 6.71. The van der Waals surface area contributed by atoms with Crippen molar-refractivity contribution in [3.8, 4) is 0 Å². The largest absolute Gasteiger partial charge is 0.176 e. The van der Waals surface area contributed by atoms with Gasteiger partial charge in [-0.05, 0) is 24.7 Å². The fraction of sp³-hybridized carbons (Fsp3) is 1.00. The SMILES string of the molecule is CC1(C)CC(S)CC(C)(S)C1. The van der Waals surface area contributed by atoms with Gasteiger partial charge in [0, 0.05) is 10.00 Å². The molecule has 0 aliphatic heterocycles. The monoisotopic (exact) mass is 190 g/mol. The molecule has 0 aromatic rings. The summed E-state index contributed by atoms with van der Waals surface area (Å²) in [6, 6.07) is 0. The molecular formula is C9H18S2. The van der Waals surface area contributed by atoms with E-state index in [1.165, 1.54) is 12.8 Å². The highest BCUT2D eigenvalue weighted by Crippen LogP contribution is 2.45. The average molecular weight is 190 g/mol. The summed E-state index contributed by atoms with van der Waals surface area (Å²) in [6.45, 7) is 6.84. The topological polar surface area (TPSA) is 0 Å². The summed E-state index contributed by atoms with van der Waals surface area (Å²) < 4.78 is 0.203. The second kappa shape index (κ2) is 2.88. The Morgan fingerprint density at radius 2 is 1.73 bits per heavy atom. The average Bonchev–Trinajstić information content (AvgIpc) is 1.49. The van der Waals surface area contributed by atoms with Crippen molar-refractivity contribution in [3.05, 3.63) is 0 Å². The van der Waals surface area contributed by atoms with Crippen LogP contribution in [-0.2, 0) is 0 Å². The van der Waals surface area contributed by atoms with E-state index in [4.69, 9.17) is 0 Å². The van der Waals surface area contributed by atoms with Crippen molar-refractivity contribution in [1.29, 1.82) is 0 Å². The van der Waals surface area contributed by atoms with Crippen molar-refractivity contribution < 1.29 is 0 Å². The van der Waals surface area contributed by atoms with Gasteiger partial charge in [-0.25, -0.2) is 0 Å². The van der Waals surface area contributed by atoms with Crippen LogP contribution < -0.4 is 0 Å². The first kappa shape index (κ1) is 9.79. The summed E-state index contributed by atoms with van der Waals surface area (Å²) in [5.74, 6) is 0. The van der Waals surface area contributed by atoms with Crippen LogP contribution in [-0.4, -0.2) is 10.00 Å². The van der Waals surface area contributed by atoms with E-state index >= 15 is 0 Å². The highest BCUT2D eigenvalue weighted by atomic mass is 32.1. The lowest BCUT2D eigenvalue weighted by Crippen LogP contribution is -2.37. The van der Waals surface area contributed by atoms with E-state index in [2.05, 4.69) is 46.0 Å². The standard InChI is InChI=1S/C9H18S2/c1-8(2)4-7(10)5-9(3,11)6-8/h7,10-11H,4-6H2,1-3H3. The van der Waals surface area contributed by atoms with Crippen LogP contribution in [0, 0.1) is 5.41 Å². The Bertz CT molecular complexity index is 134. The van der Waals surface area contributed by atoms with Crippen LogP contribution in [0.1, 0.15) is 40.0 Å². The van der Waals surface area contributed by atoms with Gasteiger partial charge in [0.2, 0.25) is 0 Å². The zero-order valence-electron chi connectivity index (χ0n) is 7.59. The quantitative estimate of drug-likeness (QED) is 0.539. The molecule has 0 heterocycles. The maximum absolute atomic E-state index is 4.64. The molecule has 0 aromatic carbocycles. The van der Waals surface area contributed by atoms with Crippen molar-refractivity contribution in [2.45, 2.75) is 50.0 Å². The molecule has 0 spiro atoms. The maximum Gasteiger partial charge on any atom is 0.0117 e. The van der Waals surface area contributed by atoms with Gasteiger partial charge < -0.3 is 0 Å². The third kappa shape index (κ3) is 2.90. The van der Waals surface area contributed by atoms with E-state index in [1.807, 2.05) is 0 Å². The van der Waals surface area contributed by atoms with Crippen molar-refractivity contribution in [1.82, 2.24) is 0 Å². The first-order valence-corrected chi connectivity index (χ1v) is 5.18. The molecule has 0 aromatic heterocycles. The lowest BCUT2D eigenvalue weighted by atomic mass is 9.72. The molecule has 66 valence electrons. The Labute approximate surface area is 81.0 Å². The minimum atomic E-state index is 0.203. The molecule has 1 rings (SSSR count). The molecule has 1 saturated carbocycles. The van der Waals surface area contributed by atoms with E-state index in [0.29, 0.717) is 10.7 Å². The summed E-state index contributed by atoms with van der Waals surface area (Å²) in [5, 5.41) is 0.543. The first-order chi connectivity index (χ1) is 4.81. The van der Waals surface area contributed by atoms with Gasteiger partial charge in [-0.2, -0.15) is 25.3 Å². The molecule has 0 radical (unpaired) electrons. The van der Waals surface area contributed by atoms with Crippen molar-refractivity contribution in [3.63, 3.8) is 0 Å². The molecule has 2 atom stereocenters. The molecule has 2 heteroatoms. The molecule has 0 nitrogen and oxygen atoms in total. The van der Waals surface area contributed by atoms with Gasteiger partial charge in [0.15, 0.2) is 0 Å². The second-order valence-electron chi connectivity index (χ2n) is 4.90. The van der Waals surface area contributed by atoms with Crippen LogP contribution in [0.25, 0.3) is 0 Å². The normalized spacial score (nSPS) is 43.9. The highest BCUT2D eigenvalue weighted by molar-refractivity contribution is 7.82. The predicted octanol–water partition coefficient (Wildman–Crippen LogP) is 3.18. The van der Waals surface area contributed by atoms with Gasteiger partial charge in [-0.3, -0.25) is 0 Å². The Kier molecular flexibility index (Phi) is 2.56. The van der Waals surface area contributed by atoms with Gasteiger partial charge in [0.1, 0.15) is 0 Å². The summed E-state index contributed by atoms with van der Waals surface area (Å²) in [5.41, 5.74) is 0.432. The smallest absolute Gasteiger partial charge is 0.0117 e. The Morgan fingerprint density at radius 1 is 1.18 bits per heavy atom. The summed E-state index contributed by atoms with van der Waals surface area (Å²) in [7, 11) is 0. The summed E-state index contributed by atoms with van der Waals surface area (Å²) in [4.78, 5) is 0. The van der Waals surface area contributed by atoms with E-state index < -0.39 is 0 Å². The van der Waals surface area contributed by atoms with Crippen molar-refractivity contribution in [2.24, 2.45) is 5.41 Å². The maximum atomic E-state index is 4.64. The van der Waals surface area contributed by atoms with Crippen LogP contribution in [0.5, 0.6) is 0 Å². The lowest BCUT2D eigenvalue weighted by Gasteiger charge is -2.42. The third-order valence-corrected chi connectivity index (χ3v) is 3.03. The van der Waals surface area contributed by atoms with Gasteiger partial charge >= 0.3 is 0 Å². The fourth-order valence-electron chi connectivity index (χ4n) is 2.39. The molecular weight excluding hydrogens is 172 g/mol. The Hall–Kier alpha value is 0.700. The molecule has 0 N–H and O–H groups in total. The molecule has 1 aliphatic rings. The number of hydrogen-bond acceptors (Lipinski definition) is 2. The van der Waals surface area contributed by atoms with Crippen molar-refractivity contribution >= 4 is 25.3 Å². The molecule has 2 unspecified atom stereocenters. The van der Waals surface area contributed by atoms with Crippen LogP contribution >= 0.6 is 25.3 Å². The van der Waals surface area contributed by atoms with Gasteiger partial charge in [0.05, 0.1) is 0 Å². The Balaban J connectivity index is 2.66. The van der Waals surface area contributed by atoms with E-state index in [1.54, 1.807) is 0 Å². The van der Waals surface area contributed by atoms with E-state index in [-0.39, 0.29) is 4.75 Å². The third-order valence-electron chi connectivity index (χ3n) is 2.32. The molecule has 0 amide bonds. The number of hydrogen-bond donors (Lipinski definition) is 2. The van der Waals surface area contributed by atoms with Crippen molar-refractivity contribution in [2.75, 3.05) is 0 Å². The zero-order chi connectivity index (χ0) is 8.70. The van der Waals surface area contributed by atoms with Gasteiger partial charge in [0.25, 0.3) is 0 Å². The van der Waals surface area contributed by atoms with E-state index in [0.717, 1.165) is 6.42 Å². The molecule has 1 aliphatic carbocycles.